The molecular weight excluding hydrogens is 276 g/mol. The molecule has 0 fully saturated rings. The van der Waals surface area contributed by atoms with Gasteiger partial charge in [-0.2, -0.15) is 0 Å². The van der Waals surface area contributed by atoms with Crippen molar-refractivity contribution in [1.82, 2.24) is 0 Å². The number of carboxylic acids is 1. The van der Waals surface area contributed by atoms with Crippen molar-refractivity contribution < 1.29 is 15.0 Å². The highest BCUT2D eigenvalue weighted by Gasteiger charge is 1.95. The molecule has 0 saturated heterocycles. The van der Waals surface area contributed by atoms with Crippen LogP contribution in [0.25, 0.3) is 0 Å². The Labute approximate surface area is 136 Å². The van der Waals surface area contributed by atoms with Gasteiger partial charge in [0.05, 0.1) is 0 Å². The number of carbonyl (C=O) groups is 1. The van der Waals surface area contributed by atoms with Crippen molar-refractivity contribution in [2.75, 3.05) is 6.61 Å². The molecule has 0 aromatic carbocycles. The van der Waals surface area contributed by atoms with Crippen LogP contribution in [-0.4, -0.2) is 22.8 Å². The Hall–Kier alpha value is -1.09. The number of hydrogen-bond donors (Lipinski definition) is 2. The lowest BCUT2D eigenvalue weighted by molar-refractivity contribution is -0.137. The molecule has 2 N–H and O–H groups in total. The summed E-state index contributed by atoms with van der Waals surface area (Å²) in [5.74, 6) is -0.679. The first kappa shape index (κ1) is 20.9. The molecule has 22 heavy (non-hydrogen) atoms. The van der Waals surface area contributed by atoms with E-state index in [1.807, 2.05) is 0 Å². The minimum absolute atomic E-state index is 0.313. The summed E-state index contributed by atoms with van der Waals surface area (Å²) in [6.07, 6.45) is 22.5. The van der Waals surface area contributed by atoms with E-state index < -0.39 is 5.97 Å². The second-order valence-corrected chi connectivity index (χ2v) is 5.81. The molecule has 0 amide bonds. The zero-order chi connectivity index (χ0) is 16.3. The normalized spacial score (nSPS) is 11.7. The van der Waals surface area contributed by atoms with E-state index in [1.54, 1.807) is 0 Å². The van der Waals surface area contributed by atoms with Crippen LogP contribution in [0.2, 0.25) is 0 Å². The third-order valence-corrected chi connectivity index (χ3v) is 3.65. The third-order valence-electron chi connectivity index (χ3n) is 3.65. The molecule has 0 rings (SSSR count). The molecule has 0 aliphatic rings. The van der Waals surface area contributed by atoms with Gasteiger partial charge in [-0.05, 0) is 44.9 Å². The van der Waals surface area contributed by atoms with Crippen LogP contribution in [0.15, 0.2) is 24.3 Å². The van der Waals surface area contributed by atoms with Gasteiger partial charge in [-0.15, -0.1) is 0 Å². The minimum Gasteiger partial charge on any atom is -0.481 e. The average molecular weight is 310 g/mol. The molecule has 0 saturated carbocycles. The van der Waals surface area contributed by atoms with Crippen molar-refractivity contribution in [3.63, 3.8) is 0 Å². The molecule has 0 atom stereocenters. The molecule has 0 aliphatic carbocycles. The third kappa shape index (κ3) is 18.9. The van der Waals surface area contributed by atoms with Crippen LogP contribution in [0.4, 0.5) is 0 Å². The van der Waals surface area contributed by atoms with E-state index >= 15 is 0 Å². The van der Waals surface area contributed by atoms with Crippen molar-refractivity contribution in [3.05, 3.63) is 24.3 Å². The molecule has 0 spiro atoms. The summed E-state index contributed by atoms with van der Waals surface area (Å²) in [6, 6.07) is 0. The van der Waals surface area contributed by atoms with Gasteiger partial charge in [-0.3, -0.25) is 4.79 Å². The maximum Gasteiger partial charge on any atom is 0.303 e. The van der Waals surface area contributed by atoms with Crippen molar-refractivity contribution in [3.8, 4) is 0 Å². The number of carboxylic acid groups (broad SMARTS) is 1. The summed E-state index contributed by atoms with van der Waals surface area (Å²) in [7, 11) is 0. The van der Waals surface area contributed by atoms with E-state index in [0.717, 1.165) is 51.4 Å². The first-order chi connectivity index (χ1) is 10.8. The Kier molecular flexibility index (Phi) is 17.1. The lowest BCUT2D eigenvalue weighted by Crippen LogP contribution is -1.93. The Morgan fingerprint density at radius 2 is 1.18 bits per heavy atom. The number of rotatable bonds is 16. The SMILES string of the molecule is O=C(O)CCCCCCCC=CCC=CCCCCCCO. The van der Waals surface area contributed by atoms with Gasteiger partial charge in [0.15, 0.2) is 0 Å². The van der Waals surface area contributed by atoms with E-state index in [1.165, 1.54) is 25.7 Å². The number of aliphatic carboxylic acids is 1. The van der Waals surface area contributed by atoms with Crippen LogP contribution in [0.3, 0.4) is 0 Å². The van der Waals surface area contributed by atoms with Gasteiger partial charge < -0.3 is 10.2 Å². The van der Waals surface area contributed by atoms with E-state index in [0.29, 0.717) is 13.0 Å². The zero-order valence-corrected chi connectivity index (χ0v) is 14.0. The maximum atomic E-state index is 10.3. The lowest BCUT2D eigenvalue weighted by Gasteiger charge is -1.98. The highest BCUT2D eigenvalue weighted by molar-refractivity contribution is 5.66. The van der Waals surface area contributed by atoms with E-state index in [2.05, 4.69) is 24.3 Å². The zero-order valence-electron chi connectivity index (χ0n) is 14.0. The summed E-state index contributed by atoms with van der Waals surface area (Å²) in [5.41, 5.74) is 0. The Bertz CT molecular complexity index is 295. The van der Waals surface area contributed by atoms with Gasteiger partial charge in [0.2, 0.25) is 0 Å². The summed E-state index contributed by atoms with van der Waals surface area (Å²) in [4.78, 5) is 10.3. The van der Waals surface area contributed by atoms with Gasteiger partial charge in [0.25, 0.3) is 0 Å². The van der Waals surface area contributed by atoms with Crippen LogP contribution in [0.5, 0.6) is 0 Å². The van der Waals surface area contributed by atoms with Gasteiger partial charge >= 0.3 is 5.97 Å². The topological polar surface area (TPSA) is 57.5 Å². The fraction of sp³-hybridized carbons (Fsp3) is 0.737. The standard InChI is InChI=1S/C19H34O3/c20-18-16-14-12-10-8-6-4-2-1-3-5-7-9-11-13-15-17-19(21)22/h1,3-4,6,20H,2,5,7-18H2,(H,21,22). The van der Waals surface area contributed by atoms with Crippen LogP contribution < -0.4 is 0 Å². The monoisotopic (exact) mass is 310 g/mol. The van der Waals surface area contributed by atoms with Crippen molar-refractivity contribution >= 4 is 5.97 Å². The number of allylic oxidation sites excluding steroid dienone is 4. The molecule has 0 unspecified atom stereocenters. The van der Waals surface area contributed by atoms with Crippen LogP contribution in [0, 0.1) is 0 Å². The average Bonchev–Trinajstić information content (AvgIpc) is 2.50. The maximum absolute atomic E-state index is 10.3. The molecule has 0 aromatic rings. The highest BCUT2D eigenvalue weighted by Crippen LogP contribution is 2.08. The molecule has 0 aliphatic heterocycles. The molecule has 0 bridgehead atoms. The van der Waals surface area contributed by atoms with E-state index in [9.17, 15) is 4.79 Å². The first-order valence-electron chi connectivity index (χ1n) is 8.90. The van der Waals surface area contributed by atoms with Crippen LogP contribution in [0.1, 0.15) is 83.5 Å². The van der Waals surface area contributed by atoms with Gasteiger partial charge in [-0.25, -0.2) is 0 Å². The minimum atomic E-state index is -0.679. The Morgan fingerprint density at radius 3 is 1.73 bits per heavy atom. The van der Waals surface area contributed by atoms with Crippen LogP contribution in [-0.2, 0) is 4.79 Å². The fourth-order valence-electron chi connectivity index (χ4n) is 2.30. The van der Waals surface area contributed by atoms with Gasteiger partial charge in [0, 0.05) is 13.0 Å². The van der Waals surface area contributed by atoms with E-state index in [4.69, 9.17) is 10.2 Å². The molecular formula is C19H34O3. The molecule has 0 heterocycles. The molecule has 3 nitrogen and oxygen atoms in total. The number of aliphatic hydroxyl groups excluding tert-OH is 1. The predicted molar refractivity (Wildman–Crippen MR) is 93.0 cm³/mol. The Balaban J connectivity index is 3.18. The molecule has 0 radical (unpaired) electrons. The predicted octanol–water partition coefficient (Wildman–Crippen LogP) is 5.25. The second-order valence-electron chi connectivity index (χ2n) is 5.81. The number of hydrogen-bond acceptors (Lipinski definition) is 2. The van der Waals surface area contributed by atoms with Gasteiger partial charge in [-0.1, -0.05) is 56.4 Å². The highest BCUT2D eigenvalue weighted by atomic mass is 16.4. The number of aliphatic hydroxyl groups is 1. The smallest absolute Gasteiger partial charge is 0.303 e. The number of unbranched alkanes of at least 4 members (excludes halogenated alkanes) is 9. The van der Waals surface area contributed by atoms with Crippen molar-refractivity contribution in [2.45, 2.75) is 83.5 Å². The quantitative estimate of drug-likeness (QED) is 0.302. The van der Waals surface area contributed by atoms with Crippen LogP contribution >= 0.6 is 0 Å². The summed E-state index contributed by atoms with van der Waals surface area (Å²) in [6.45, 7) is 0.322. The second kappa shape index (κ2) is 18.0. The van der Waals surface area contributed by atoms with E-state index in [-0.39, 0.29) is 0 Å². The summed E-state index contributed by atoms with van der Waals surface area (Å²) < 4.78 is 0. The fourth-order valence-corrected chi connectivity index (χ4v) is 2.30. The summed E-state index contributed by atoms with van der Waals surface area (Å²) in [5, 5.41) is 17.2. The molecule has 128 valence electrons. The largest absolute Gasteiger partial charge is 0.481 e. The molecule has 3 heteroatoms. The van der Waals surface area contributed by atoms with Crippen molar-refractivity contribution in [1.29, 1.82) is 0 Å². The summed E-state index contributed by atoms with van der Waals surface area (Å²) >= 11 is 0. The lowest BCUT2D eigenvalue weighted by atomic mass is 10.1. The first-order valence-corrected chi connectivity index (χ1v) is 8.90. The molecule has 0 aromatic heterocycles. The van der Waals surface area contributed by atoms with Gasteiger partial charge in [0.1, 0.15) is 0 Å². The van der Waals surface area contributed by atoms with Crippen molar-refractivity contribution in [2.24, 2.45) is 0 Å². The Morgan fingerprint density at radius 1 is 0.682 bits per heavy atom.